The molecule has 3 aromatic rings. The Morgan fingerprint density at radius 1 is 0.833 bits per heavy atom. The first-order chi connectivity index (χ1) is 14.5. The van der Waals surface area contributed by atoms with Gasteiger partial charge in [-0.25, -0.2) is 4.79 Å². The fraction of sp³-hybridized carbons (Fsp3) is 0.160. The molecule has 0 aliphatic heterocycles. The Kier molecular flexibility index (Phi) is 6.75. The van der Waals surface area contributed by atoms with Gasteiger partial charge in [-0.05, 0) is 25.5 Å². The van der Waals surface area contributed by atoms with Gasteiger partial charge in [0.25, 0.3) is 5.91 Å². The summed E-state index contributed by atoms with van der Waals surface area (Å²) in [6, 6.07) is 22.8. The van der Waals surface area contributed by atoms with Gasteiger partial charge in [0, 0.05) is 11.1 Å². The zero-order chi connectivity index (χ0) is 21.5. The van der Waals surface area contributed by atoms with Crippen LogP contribution in [-0.4, -0.2) is 24.3 Å². The van der Waals surface area contributed by atoms with E-state index in [1.54, 1.807) is 30.3 Å². The molecule has 0 spiro atoms. The van der Waals surface area contributed by atoms with E-state index in [1.165, 1.54) is 6.07 Å². The molecule has 0 aliphatic rings. The minimum absolute atomic E-state index is 0.131. The van der Waals surface area contributed by atoms with Crippen molar-refractivity contribution in [2.45, 2.75) is 19.9 Å². The maximum atomic E-state index is 12.8. The van der Waals surface area contributed by atoms with Crippen molar-refractivity contribution in [3.05, 3.63) is 107 Å². The third-order valence-corrected chi connectivity index (χ3v) is 4.72. The molecule has 1 N–H and O–H groups in total. The minimum Gasteiger partial charge on any atom is -0.452 e. The zero-order valence-corrected chi connectivity index (χ0v) is 16.9. The van der Waals surface area contributed by atoms with E-state index < -0.39 is 18.5 Å². The molecule has 1 amide bonds. The quantitative estimate of drug-likeness (QED) is 0.474. The third kappa shape index (κ3) is 5.20. The zero-order valence-electron chi connectivity index (χ0n) is 16.9. The van der Waals surface area contributed by atoms with Crippen molar-refractivity contribution in [3.63, 3.8) is 0 Å². The first-order valence-electron chi connectivity index (χ1n) is 9.67. The highest BCUT2D eigenvalue weighted by molar-refractivity contribution is 6.14. The van der Waals surface area contributed by atoms with E-state index in [-0.39, 0.29) is 23.0 Å². The van der Waals surface area contributed by atoms with Gasteiger partial charge >= 0.3 is 5.97 Å². The number of hydrogen-bond acceptors (Lipinski definition) is 4. The lowest BCUT2D eigenvalue weighted by Gasteiger charge is -2.14. The molecule has 5 nitrogen and oxygen atoms in total. The average Bonchev–Trinajstić information content (AvgIpc) is 2.78. The monoisotopic (exact) mass is 401 g/mol. The number of amides is 1. The van der Waals surface area contributed by atoms with E-state index in [4.69, 9.17) is 4.74 Å². The van der Waals surface area contributed by atoms with Crippen LogP contribution in [0.3, 0.4) is 0 Å². The van der Waals surface area contributed by atoms with Crippen molar-refractivity contribution in [2.24, 2.45) is 0 Å². The Labute approximate surface area is 175 Å². The highest BCUT2D eigenvalue weighted by Crippen LogP contribution is 2.17. The van der Waals surface area contributed by atoms with Crippen molar-refractivity contribution in [2.75, 3.05) is 6.61 Å². The van der Waals surface area contributed by atoms with Crippen LogP contribution >= 0.6 is 0 Å². The van der Waals surface area contributed by atoms with Crippen molar-refractivity contribution < 1.29 is 19.1 Å². The first kappa shape index (κ1) is 21.0. The Balaban J connectivity index is 1.65. The van der Waals surface area contributed by atoms with Crippen LogP contribution in [0.15, 0.2) is 78.9 Å². The van der Waals surface area contributed by atoms with Gasteiger partial charge in [0.1, 0.15) is 0 Å². The SMILES string of the molecule is Cc1ccc(C(=O)c2ccccc2C(=O)OCC(=O)NC(C)c2ccccc2)cc1. The summed E-state index contributed by atoms with van der Waals surface area (Å²) in [5, 5.41) is 2.79. The number of carbonyl (C=O) groups excluding carboxylic acids is 3. The molecule has 0 bridgehead atoms. The van der Waals surface area contributed by atoms with Crippen molar-refractivity contribution >= 4 is 17.7 Å². The molecule has 152 valence electrons. The van der Waals surface area contributed by atoms with Crippen LogP contribution in [0.4, 0.5) is 0 Å². The summed E-state index contributed by atoms with van der Waals surface area (Å²) in [6.45, 7) is 3.36. The summed E-state index contributed by atoms with van der Waals surface area (Å²) in [7, 11) is 0. The fourth-order valence-electron chi connectivity index (χ4n) is 3.04. The molecular weight excluding hydrogens is 378 g/mol. The highest BCUT2D eigenvalue weighted by atomic mass is 16.5. The first-order valence-corrected chi connectivity index (χ1v) is 9.67. The molecule has 3 aromatic carbocycles. The Morgan fingerprint density at radius 3 is 2.10 bits per heavy atom. The summed E-state index contributed by atoms with van der Waals surface area (Å²) in [6.07, 6.45) is 0. The fourth-order valence-corrected chi connectivity index (χ4v) is 3.04. The topological polar surface area (TPSA) is 72.5 Å². The summed E-state index contributed by atoms with van der Waals surface area (Å²) in [5.41, 5.74) is 2.84. The number of nitrogens with one attached hydrogen (secondary N) is 1. The number of hydrogen-bond donors (Lipinski definition) is 1. The van der Waals surface area contributed by atoms with Gasteiger partial charge in [-0.2, -0.15) is 0 Å². The lowest BCUT2D eigenvalue weighted by molar-refractivity contribution is -0.124. The molecule has 5 heteroatoms. The lowest BCUT2D eigenvalue weighted by Crippen LogP contribution is -2.31. The Morgan fingerprint density at radius 2 is 1.43 bits per heavy atom. The van der Waals surface area contributed by atoms with E-state index in [1.807, 2.05) is 56.3 Å². The normalized spacial score (nSPS) is 11.4. The van der Waals surface area contributed by atoms with Crippen LogP contribution in [0.1, 0.15) is 50.4 Å². The number of ether oxygens (including phenoxy) is 1. The molecule has 0 fully saturated rings. The molecule has 0 radical (unpaired) electrons. The minimum atomic E-state index is -0.714. The van der Waals surface area contributed by atoms with E-state index in [9.17, 15) is 14.4 Å². The van der Waals surface area contributed by atoms with E-state index in [0.29, 0.717) is 5.56 Å². The molecule has 1 atom stereocenters. The van der Waals surface area contributed by atoms with Gasteiger partial charge in [-0.3, -0.25) is 9.59 Å². The number of rotatable bonds is 7. The average molecular weight is 401 g/mol. The molecule has 0 heterocycles. The van der Waals surface area contributed by atoms with Crippen molar-refractivity contribution in [1.82, 2.24) is 5.32 Å². The van der Waals surface area contributed by atoms with E-state index >= 15 is 0 Å². The largest absolute Gasteiger partial charge is 0.452 e. The smallest absolute Gasteiger partial charge is 0.339 e. The molecule has 0 aliphatic carbocycles. The van der Waals surface area contributed by atoms with Crippen LogP contribution in [0.25, 0.3) is 0 Å². The Hall–Kier alpha value is -3.73. The molecular formula is C25H23NO4. The maximum absolute atomic E-state index is 12.8. The second-order valence-corrected chi connectivity index (χ2v) is 7.02. The summed E-state index contributed by atoms with van der Waals surface area (Å²) in [4.78, 5) is 37.6. The number of esters is 1. The third-order valence-electron chi connectivity index (χ3n) is 4.72. The standard InChI is InChI=1S/C25H23NO4/c1-17-12-14-20(15-13-17)24(28)21-10-6-7-11-22(21)25(29)30-16-23(27)26-18(2)19-8-4-3-5-9-19/h3-15,18H,16H2,1-2H3,(H,26,27). The number of aryl methyl sites for hydroxylation is 1. The predicted molar refractivity (Wildman–Crippen MR) is 114 cm³/mol. The second-order valence-electron chi connectivity index (χ2n) is 7.02. The molecule has 30 heavy (non-hydrogen) atoms. The highest BCUT2D eigenvalue weighted by Gasteiger charge is 2.20. The van der Waals surface area contributed by atoms with E-state index in [2.05, 4.69) is 5.32 Å². The molecule has 0 aromatic heterocycles. The predicted octanol–water partition coefficient (Wildman–Crippen LogP) is 4.26. The van der Waals surface area contributed by atoms with Gasteiger partial charge in [0.2, 0.25) is 0 Å². The van der Waals surface area contributed by atoms with Gasteiger partial charge < -0.3 is 10.1 Å². The molecule has 3 rings (SSSR count). The molecule has 0 saturated carbocycles. The van der Waals surface area contributed by atoms with Crippen molar-refractivity contribution in [1.29, 1.82) is 0 Å². The summed E-state index contributed by atoms with van der Waals surface area (Å²) >= 11 is 0. The maximum Gasteiger partial charge on any atom is 0.339 e. The molecule has 1 unspecified atom stereocenters. The van der Waals surface area contributed by atoms with Crippen LogP contribution in [-0.2, 0) is 9.53 Å². The second kappa shape index (κ2) is 9.65. The van der Waals surface area contributed by atoms with Crippen LogP contribution in [0, 0.1) is 6.92 Å². The number of carbonyl (C=O) groups is 3. The summed E-state index contributed by atoms with van der Waals surface area (Å²) in [5.74, 6) is -1.40. The van der Waals surface area contributed by atoms with Gasteiger partial charge in [-0.1, -0.05) is 78.4 Å². The van der Waals surface area contributed by atoms with E-state index in [0.717, 1.165) is 11.1 Å². The molecule has 0 saturated heterocycles. The van der Waals surface area contributed by atoms with Crippen LogP contribution in [0.2, 0.25) is 0 Å². The van der Waals surface area contributed by atoms with Crippen molar-refractivity contribution in [3.8, 4) is 0 Å². The van der Waals surface area contributed by atoms with Gasteiger partial charge in [0.05, 0.1) is 11.6 Å². The van der Waals surface area contributed by atoms with Gasteiger partial charge in [-0.15, -0.1) is 0 Å². The summed E-state index contributed by atoms with van der Waals surface area (Å²) < 4.78 is 5.17. The number of benzene rings is 3. The van der Waals surface area contributed by atoms with Crippen LogP contribution < -0.4 is 5.32 Å². The lowest BCUT2D eigenvalue weighted by atomic mass is 9.98. The Bertz CT molecular complexity index is 1040. The number of ketones is 1. The van der Waals surface area contributed by atoms with Crippen LogP contribution in [0.5, 0.6) is 0 Å². The van der Waals surface area contributed by atoms with Gasteiger partial charge in [0.15, 0.2) is 12.4 Å².